The van der Waals surface area contributed by atoms with Crippen molar-refractivity contribution in [1.82, 2.24) is 0 Å². The number of aryl methyl sites for hydroxylation is 2. The number of carbonyl (C=O) groups excluding carboxylic acids is 2. The third kappa shape index (κ3) is 6.58. The second-order valence-corrected chi connectivity index (χ2v) is 12.1. The van der Waals surface area contributed by atoms with Crippen molar-refractivity contribution in [2.24, 2.45) is 0 Å². The van der Waals surface area contributed by atoms with Gasteiger partial charge in [0, 0.05) is 75.8 Å². The quantitative estimate of drug-likeness (QED) is 0.158. The van der Waals surface area contributed by atoms with Crippen LogP contribution in [0.15, 0.2) is 82.6 Å². The van der Waals surface area contributed by atoms with Crippen molar-refractivity contribution in [2.75, 3.05) is 10.6 Å². The maximum atomic E-state index is 13.8. The molecule has 0 bridgehead atoms. The van der Waals surface area contributed by atoms with Gasteiger partial charge in [-0.05, 0) is 61.4 Å². The third-order valence-electron chi connectivity index (χ3n) is 6.45. The number of benzene rings is 4. The SMILES string of the molecule is Cc1ccc(Nc2ccc3c(c2Nc2ccc(C)cc2S(=O)(=O)O)C(=O)c2ccccc2C3=O)c(S(=O)(=O)O)c1.[Na].[Na]. The van der Waals surface area contributed by atoms with Crippen LogP contribution in [0.4, 0.5) is 22.7 Å². The minimum atomic E-state index is -4.72. The molecule has 2 radical (unpaired) electrons. The van der Waals surface area contributed by atoms with Crippen molar-refractivity contribution in [3.8, 4) is 0 Å². The molecule has 0 atom stereocenters. The number of anilines is 4. The zero-order chi connectivity index (χ0) is 29.0. The van der Waals surface area contributed by atoms with Crippen LogP contribution in [0.3, 0.4) is 0 Å². The second-order valence-electron chi connectivity index (χ2n) is 9.31. The van der Waals surface area contributed by atoms with Crippen LogP contribution in [0.1, 0.15) is 43.0 Å². The summed E-state index contributed by atoms with van der Waals surface area (Å²) in [6.07, 6.45) is 0. The Hall–Kier alpha value is -2.36. The van der Waals surface area contributed by atoms with Gasteiger partial charge in [-0.25, -0.2) is 0 Å². The topological polar surface area (TPSA) is 167 Å². The van der Waals surface area contributed by atoms with Crippen LogP contribution >= 0.6 is 0 Å². The zero-order valence-electron chi connectivity index (χ0n) is 23.1. The van der Waals surface area contributed by atoms with Gasteiger partial charge in [-0.2, -0.15) is 16.8 Å². The zero-order valence-corrected chi connectivity index (χ0v) is 28.7. The molecule has 42 heavy (non-hydrogen) atoms. The molecule has 1 aliphatic carbocycles. The molecule has 0 unspecified atom stereocenters. The van der Waals surface area contributed by atoms with Gasteiger partial charge in [0.1, 0.15) is 9.79 Å². The summed E-state index contributed by atoms with van der Waals surface area (Å²) in [7, 11) is -9.39. The molecule has 0 saturated carbocycles. The Morgan fingerprint density at radius 1 is 0.571 bits per heavy atom. The Balaban J connectivity index is 0.00000242. The molecular weight excluding hydrogens is 602 g/mol. The molecule has 0 saturated heterocycles. The van der Waals surface area contributed by atoms with Gasteiger partial charge in [-0.15, -0.1) is 0 Å². The number of ketones is 2. The smallest absolute Gasteiger partial charge is 0.296 e. The Morgan fingerprint density at radius 2 is 1.02 bits per heavy atom. The summed E-state index contributed by atoms with van der Waals surface area (Å²) in [5, 5.41) is 5.79. The van der Waals surface area contributed by atoms with Gasteiger partial charge in [-0.3, -0.25) is 18.7 Å². The Kier molecular flexibility index (Phi) is 10.3. The summed E-state index contributed by atoms with van der Waals surface area (Å²) in [6.45, 7) is 3.27. The van der Waals surface area contributed by atoms with E-state index in [1.165, 1.54) is 48.5 Å². The summed E-state index contributed by atoms with van der Waals surface area (Å²) in [5.74, 6) is -0.969. The van der Waals surface area contributed by atoms with E-state index in [1.54, 1.807) is 38.1 Å². The maximum Gasteiger partial charge on any atom is 0.296 e. The first-order valence-corrected chi connectivity index (χ1v) is 14.7. The molecule has 4 N–H and O–H groups in total. The Bertz CT molecular complexity index is 1980. The van der Waals surface area contributed by atoms with Crippen LogP contribution in [0, 0.1) is 13.8 Å². The van der Waals surface area contributed by atoms with Gasteiger partial charge >= 0.3 is 0 Å². The van der Waals surface area contributed by atoms with Crippen molar-refractivity contribution in [2.45, 2.75) is 23.6 Å². The van der Waals surface area contributed by atoms with E-state index in [9.17, 15) is 35.5 Å². The normalized spacial score (nSPS) is 12.4. The summed E-state index contributed by atoms with van der Waals surface area (Å²) in [4.78, 5) is 26.2. The van der Waals surface area contributed by atoms with Crippen molar-refractivity contribution >= 4 is 114 Å². The average molecular weight is 625 g/mol. The molecule has 1 aliphatic rings. The average Bonchev–Trinajstić information content (AvgIpc) is 2.88. The summed E-state index contributed by atoms with van der Waals surface area (Å²) >= 11 is 0. The number of hydrogen-bond donors (Lipinski definition) is 4. The first kappa shape index (κ1) is 34.1. The minimum Gasteiger partial charge on any atom is -0.353 e. The van der Waals surface area contributed by atoms with E-state index < -0.39 is 41.6 Å². The van der Waals surface area contributed by atoms with Gasteiger partial charge in [0.2, 0.25) is 0 Å². The van der Waals surface area contributed by atoms with Gasteiger partial charge in [0.15, 0.2) is 11.6 Å². The molecular formula is C28H22N2Na2O8S2. The number of nitrogens with one attached hydrogen (secondary N) is 2. The molecule has 206 valence electrons. The van der Waals surface area contributed by atoms with E-state index in [2.05, 4.69) is 10.6 Å². The fourth-order valence-corrected chi connectivity index (χ4v) is 6.06. The van der Waals surface area contributed by atoms with Crippen molar-refractivity contribution in [3.05, 3.63) is 106 Å². The van der Waals surface area contributed by atoms with Gasteiger partial charge < -0.3 is 10.6 Å². The van der Waals surface area contributed by atoms with Crippen LogP contribution in [-0.2, 0) is 20.2 Å². The summed E-state index contributed by atoms with van der Waals surface area (Å²) < 4.78 is 68.4. The number of fused-ring (bicyclic) bond motifs is 2. The van der Waals surface area contributed by atoms with E-state index >= 15 is 0 Å². The van der Waals surface area contributed by atoms with Gasteiger partial charge in [0.05, 0.1) is 28.3 Å². The number of carbonyl (C=O) groups is 2. The molecule has 14 heteroatoms. The molecule has 0 spiro atoms. The van der Waals surface area contributed by atoms with E-state index in [-0.39, 0.29) is 104 Å². The molecule has 0 heterocycles. The first-order chi connectivity index (χ1) is 18.8. The van der Waals surface area contributed by atoms with E-state index in [4.69, 9.17) is 0 Å². The molecule has 0 amide bonds. The Labute approximate surface area is 287 Å². The number of hydrogen-bond acceptors (Lipinski definition) is 8. The van der Waals surface area contributed by atoms with Crippen molar-refractivity contribution in [1.29, 1.82) is 0 Å². The van der Waals surface area contributed by atoms with E-state index in [0.29, 0.717) is 11.1 Å². The third-order valence-corrected chi connectivity index (χ3v) is 8.24. The fourth-order valence-electron chi connectivity index (χ4n) is 4.59. The molecule has 0 aromatic heterocycles. The molecule has 0 fully saturated rings. The number of rotatable bonds is 6. The minimum absolute atomic E-state index is 0. The summed E-state index contributed by atoms with van der Waals surface area (Å²) in [5.41, 5.74) is 1.29. The first-order valence-electron chi connectivity index (χ1n) is 11.8. The van der Waals surface area contributed by atoms with Crippen LogP contribution < -0.4 is 10.6 Å². The van der Waals surface area contributed by atoms with E-state index in [0.717, 1.165) is 0 Å². The van der Waals surface area contributed by atoms with Crippen LogP contribution in [-0.4, -0.2) is 96.6 Å². The Morgan fingerprint density at radius 3 is 1.52 bits per heavy atom. The predicted molar refractivity (Wildman–Crippen MR) is 160 cm³/mol. The summed E-state index contributed by atoms with van der Waals surface area (Å²) in [6, 6.07) is 17.6. The largest absolute Gasteiger partial charge is 0.353 e. The molecule has 5 rings (SSSR count). The molecule has 10 nitrogen and oxygen atoms in total. The predicted octanol–water partition coefficient (Wildman–Crippen LogP) is 4.30. The van der Waals surface area contributed by atoms with Gasteiger partial charge in [-0.1, -0.05) is 36.4 Å². The monoisotopic (exact) mass is 624 g/mol. The van der Waals surface area contributed by atoms with Crippen LogP contribution in [0.5, 0.6) is 0 Å². The maximum absolute atomic E-state index is 13.8. The standard InChI is InChI=1S/C28H22N2O8S2.2Na/c1-15-7-10-20(23(13-15)39(33,34)35)29-22-12-9-19-25(28(32)18-6-4-3-5-17(18)27(19)31)26(22)30-21-11-8-16(2)14-24(21)40(36,37)38;;/h3-14,29-30H,1-2H3,(H,33,34,35)(H,36,37,38);;. The molecule has 0 aliphatic heterocycles. The second kappa shape index (κ2) is 12.7. The van der Waals surface area contributed by atoms with Crippen LogP contribution in [0.25, 0.3) is 0 Å². The van der Waals surface area contributed by atoms with Crippen molar-refractivity contribution in [3.63, 3.8) is 0 Å². The molecule has 4 aromatic rings. The molecule has 4 aromatic carbocycles. The van der Waals surface area contributed by atoms with Crippen molar-refractivity contribution < 1.29 is 35.5 Å². The van der Waals surface area contributed by atoms with Crippen LogP contribution in [0.2, 0.25) is 0 Å². The fraction of sp³-hybridized carbons (Fsp3) is 0.0714. The van der Waals surface area contributed by atoms with Gasteiger partial charge in [0.25, 0.3) is 20.2 Å². The van der Waals surface area contributed by atoms with E-state index in [1.807, 2.05) is 0 Å².